The van der Waals surface area contributed by atoms with Crippen LogP contribution in [0.25, 0.3) is 0 Å². The maximum Gasteiger partial charge on any atom is 0.192 e. The van der Waals surface area contributed by atoms with Crippen LogP contribution in [-0.2, 0) is 22.1 Å². The zero-order valence-electron chi connectivity index (χ0n) is 18.3. The molecule has 1 aromatic heterocycles. The van der Waals surface area contributed by atoms with Crippen LogP contribution >= 0.6 is 11.8 Å². The third kappa shape index (κ3) is 5.43. The first-order valence-electron chi connectivity index (χ1n) is 10.6. The Bertz CT molecular complexity index is 1280. The minimum atomic E-state index is -3.56. The van der Waals surface area contributed by atoms with Crippen LogP contribution in [0.3, 0.4) is 0 Å². The van der Waals surface area contributed by atoms with Crippen LogP contribution in [0.5, 0.6) is 0 Å². The Labute approximate surface area is 199 Å². The van der Waals surface area contributed by atoms with Gasteiger partial charge in [0.25, 0.3) is 0 Å². The van der Waals surface area contributed by atoms with Crippen molar-refractivity contribution >= 4 is 21.6 Å². The van der Waals surface area contributed by atoms with Gasteiger partial charge in [-0.15, -0.1) is 16.8 Å². The highest BCUT2D eigenvalue weighted by molar-refractivity contribution is 7.99. The minimum absolute atomic E-state index is 0.0123. The number of nitrogens with zero attached hydrogens (tertiary/aromatic N) is 3. The molecule has 3 aromatic carbocycles. The van der Waals surface area contributed by atoms with Crippen LogP contribution in [0.15, 0.2) is 108 Å². The summed E-state index contributed by atoms with van der Waals surface area (Å²) in [6.07, 6.45) is 1.73. The number of hydrogen-bond acceptors (Lipinski definition) is 5. The quantitative estimate of drug-likeness (QED) is 0.232. The normalized spacial score (nSPS) is 11.6. The molecule has 0 unspecified atom stereocenters. The van der Waals surface area contributed by atoms with Crippen molar-refractivity contribution in [1.29, 1.82) is 0 Å². The molecule has 33 heavy (non-hydrogen) atoms. The Balaban J connectivity index is 1.68. The fourth-order valence-corrected chi connectivity index (χ4v) is 5.98. The van der Waals surface area contributed by atoms with Crippen LogP contribution in [0.1, 0.15) is 27.8 Å². The summed E-state index contributed by atoms with van der Waals surface area (Å²) in [6.45, 7) is 6.19. The van der Waals surface area contributed by atoms with E-state index in [1.807, 2.05) is 47.9 Å². The van der Waals surface area contributed by atoms with Crippen molar-refractivity contribution in [1.82, 2.24) is 14.8 Å². The molecule has 0 radical (unpaired) electrons. The van der Waals surface area contributed by atoms with E-state index in [9.17, 15) is 8.42 Å². The number of thioether (sulfide) groups is 1. The highest BCUT2D eigenvalue weighted by Crippen LogP contribution is 2.40. The summed E-state index contributed by atoms with van der Waals surface area (Å²) in [5, 5.41) is 9.29. The van der Waals surface area contributed by atoms with E-state index in [0.29, 0.717) is 17.5 Å². The van der Waals surface area contributed by atoms with Crippen molar-refractivity contribution in [3.8, 4) is 0 Å². The van der Waals surface area contributed by atoms with Crippen molar-refractivity contribution in [2.75, 3.05) is 0 Å². The van der Waals surface area contributed by atoms with Gasteiger partial charge < -0.3 is 4.57 Å². The summed E-state index contributed by atoms with van der Waals surface area (Å²) in [5.74, 6) is 0.177. The predicted octanol–water partition coefficient (Wildman–Crippen LogP) is 5.63. The molecule has 0 bridgehead atoms. The molecule has 0 aliphatic carbocycles. The molecule has 5 nitrogen and oxygen atoms in total. The number of aryl methyl sites for hydroxylation is 1. The zero-order chi connectivity index (χ0) is 23.3. The predicted molar refractivity (Wildman–Crippen MR) is 133 cm³/mol. The number of allylic oxidation sites excluding steroid dienone is 1. The maximum atomic E-state index is 13.0. The van der Waals surface area contributed by atoms with E-state index >= 15 is 0 Å². The van der Waals surface area contributed by atoms with Gasteiger partial charge in [-0.3, -0.25) is 0 Å². The van der Waals surface area contributed by atoms with Gasteiger partial charge >= 0.3 is 0 Å². The van der Waals surface area contributed by atoms with Crippen molar-refractivity contribution < 1.29 is 8.42 Å². The molecule has 0 atom stereocenters. The number of aromatic nitrogens is 3. The van der Waals surface area contributed by atoms with Gasteiger partial charge in [0.2, 0.25) is 0 Å². The van der Waals surface area contributed by atoms with Crippen LogP contribution in [0.2, 0.25) is 0 Å². The molecule has 0 spiro atoms. The first-order valence-corrected chi connectivity index (χ1v) is 13.1. The van der Waals surface area contributed by atoms with E-state index in [4.69, 9.17) is 0 Å². The average molecular weight is 476 g/mol. The monoisotopic (exact) mass is 475 g/mol. The zero-order valence-corrected chi connectivity index (χ0v) is 20.0. The van der Waals surface area contributed by atoms with E-state index in [2.05, 4.69) is 41.0 Å². The van der Waals surface area contributed by atoms with Gasteiger partial charge in [-0.1, -0.05) is 96.2 Å². The summed E-state index contributed by atoms with van der Waals surface area (Å²) in [6, 6.07) is 27.2. The number of rotatable bonds is 9. The lowest BCUT2D eigenvalue weighted by Gasteiger charge is -2.18. The summed E-state index contributed by atoms with van der Waals surface area (Å²) in [5.41, 5.74) is 3.28. The molecule has 0 amide bonds. The van der Waals surface area contributed by atoms with Crippen molar-refractivity contribution in [3.63, 3.8) is 0 Å². The summed E-state index contributed by atoms with van der Waals surface area (Å²) in [4.78, 5) is 0.280. The van der Waals surface area contributed by atoms with Crippen LogP contribution < -0.4 is 0 Å². The fourth-order valence-electron chi connectivity index (χ4n) is 3.51. The lowest BCUT2D eigenvalue weighted by atomic mass is 10.0. The van der Waals surface area contributed by atoms with E-state index < -0.39 is 9.84 Å². The number of sulfone groups is 1. The molecule has 0 fully saturated rings. The highest BCUT2D eigenvalue weighted by Gasteiger charge is 2.24. The molecule has 0 aliphatic rings. The largest absolute Gasteiger partial charge is 0.301 e. The van der Waals surface area contributed by atoms with Gasteiger partial charge in [0.1, 0.15) is 11.6 Å². The van der Waals surface area contributed by atoms with E-state index in [0.717, 1.165) is 16.7 Å². The second kappa shape index (κ2) is 10.2. The van der Waals surface area contributed by atoms with Gasteiger partial charge in [-0.25, -0.2) is 8.42 Å². The minimum Gasteiger partial charge on any atom is -0.301 e. The van der Waals surface area contributed by atoms with Gasteiger partial charge in [-0.2, -0.15) is 0 Å². The SMILES string of the molecule is C=CCn1c(CS(=O)(=O)c2ccc(C)cc2)nnc1SC(c1ccccc1)c1ccccc1. The maximum absolute atomic E-state index is 13.0. The van der Waals surface area contributed by atoms with Gasteiger partial charge in [0, 0.05) is 6.54 Å². The Morgan fingerprint density at radius 3 is 2.03 bits per heavy atom. The smallest absolute Gasteiger partial charge is 0.192 e. The molecule has 0 N–H and O–H groups in total. The topological polar surface area (TPSA) is 64.8 Å². The molecule has 4 rings (SSSR count). The summed E-state index contributed by atoms with van der Waals surface area (Å²) < 4.78 is 27.9. The Hall–Kier alpha value is -3.16. The van der Waals surface area contributed by atoms with Crippen molar-refractivity contribution in [2.24, 2.45) is 0 Å². The molecular weight excluding hydrogens is 450 g/mol. The van der Waals surface area contributed by atoms with E-state index in [1.165, 1.54) is 0 Å². The summed E-state index contributed by atoms with van der Waals surface area (Å²) >= 11 is 1.55. The van der Waals surface area contributed by atoms with Gasteiger partial charge in [0.15, 0.2) is 15.0 Å². The van der Waals surface area contributed by atoms with Crippen molar-refractivity contribution in [3.05, 3.63) is 120 Å². The molecule has 1 heterocycles. The van der Waals surface area contributed by atoms with Gasteiger partial charge in [0.05, 0.1) is 10.1 Å². The average Bonchev–Trinajstić information content (AvgIpc) is 3.19. The molecule has 0 saturated heterocycles. The second-order valence-corrected chi connectivity index (χ2v) is 10.8. The van der Waals surface area contributed by atoms with E-state index in [1.54, 1.807) is 42.1 Å². The molecule has 0 aliphatic heterocycles. The standard InChI is InChI=1S/C26H25N3O2S2/c1-3-18-29-24(19-33(30,31)23-16-14-20(2)15-17-23)27-28-26(29)32-25(21-10-6-4-7-11-21)22-12-8-5-9-13-22/h3-17,25H,1,18-19H2,2H3. The Morgan fingerprint density at radius 2 is 1.48 bits per heavy atom. The number of hydrogen-bond donors (Lipinski definition) is 0. The molecule has 4 aromatic rings. The Kier molecular flexibility index (Phi) is 7.11. The van der Waals surface area contributed by atoms with E-state index in [-0.39, 0.29) is 15.9 Å². The van der Waals surface area contributed by atoms with Crippen LogP contribution in [0.4, 0.5) is 0 Å². The first kappa shape index (κ1) is 23.0. The van der Waals surface area contributed by atoms with Crippen LogP contribution in [0, 0.1) is 6.92 Å². The lowest BCUT2D eigenvalue weighted by molar-refractivity contribution is 0.590. The lowest BCUT2D eigenvalue weighted by Crippen LogP contribution is -2.12. The van der Waals surface area contributed by atoms with Crippen molar-refractivity contribution in [2.45, 2.75) is 34.5 Å². The number of benzene rings is 3. The highest BCUT2D eigenvalue weighted by atomic mass is 32.2. The third-order valence-electron chi connectivity index (χ3n) is 5.23. The second-order valence-electron chi connectivity index (χ2n) is 7.69. The Morgan fingerprint density at radius 1 is 0.909 bits per heavy atom. The third-order valence-corrected chi connectivity index (χ3v) is 8.15. The molecule has 7 heteroatoms. The van der Waals surface area contributed by atoms with Gasteiger partial charge in [-0.05, 0) is 30.2 Å². The molecule has 0 saturated carbocycles. The fraction of sp³-hybridized carbons (Fsp3) is 0.154. The summed E-state index contributed by atoms with van der Waals surface area (Å²) in [7, 11) is -3.56. The molecule has 168 valence electrons. The molecular formula is C26H25N3O2S2. The first-order chi connectivity index (χ1) is 16.0. The van der Waals surface area contributed by atoms with Crippen LogP contribution in [-0.4, -0.2) is 23.2 Å².